The van der Waals surface area contributed by atoms with Crippen LogP contribution in [0.1, 0.15) is 30.5 Å². The van der Waals surface area contributed by atoms with E-state index in [1.807, 2.05) is 6.07 Å². The molecule has 1 aliphatic heterocycles. The summed E-state index contributed by atoms with van der Waals surface area (Å²) in [6.07, 6.45) is 1.10. The number of aryl methyl sites for hydroxylation is 1. The highest BCUT2D eigenvalue weighted by Gasteiger charge is 2.29. The first-order valence-electron chi connectivity index (χ1n) is 13.6. The number of carbonyl (C=O) groups is 3. The number of fused-ring (bicyclic) bond motifs is 4. The SMILES string of the molecule is COc1cc2c(c(OC)c1OC)-c1ccc(NCC(=O)Nc3ccc4c(c3)NC(=O)CO4)c(=O)cc1[C@H](NC(C)=O)CC2. The molecule has 3 aromatic carbocycles. The van der Waals surface area contributed by atoms with Gasteiger partial charge in [-0.15, -0.1) is 0 Å². The summed E-state index contributed by atoms with van der Waals surface area (Å²) in [5.41, 5.74) is 3.66. The van der Waals surface area contributed by atoms with Crippen molar-refractivity contribution in [2.75, 3.05) is 50.4 Å². The van der Waals surface area contributed by atoms with Gasteiger partial charge in [0.25, 0.3) is 5.91 Å². The molecule has 0 saturated carbocycles. The Balaban J connectivity index is 1.47. The van der Waals surface area contributed by atoms with Gasteiger partial charge >= 0.3 is 0 Å². The zero-order chi connectivity index (χ0) is 30.7. The summed E-state index contributed by atoms with van der Waals surface area (Å²) in [6, 6.07) is 11.2. The fraction of sp³-hybridized carbons (Fsp3) is 0.290. The fourth-order valence-electron chi connectivity index (χ4n) is 5.40. The molecule has 12 nitrogen and oxygen atoms in total. The third kappa shape index (κ3) is 6.03. The molecule has 0 aromatic heterocycles. The lowest BCUT2D eigenvalue weighted by atomic mass is 9.95. The van der Waals surface area contributed by atoms with Gasteiger partial charge in [-0.25, -0.2) is 0 Å². The van der Waals surface area contributed by atoms with E-state index in [1.54, 1.807) is 37.4 Å². The first-order chi connectivity index (χ1) is 20.7. The Morgan fingerprint density at radius 1 is 1.00 bits per heavy atom. The molecule has 4 N–H and O–H groups in total. The van der Waals surface area contributed by atoms with E-state index in [0.29, 0.717) is 58.3 Å². The third-order valence-corrected chi connectivity index (χ3v) is 7.25. The molecule has 1 heterocycles. The summed E-state index contributed by atoms with van der Waals surface area (Å²) in [6.45, 7) is 1.16. The molecule has 224 valence electrons. The molecule has 0 unspecified atom stereocenters. The summed E-state index contributed by atoms with van der Waals surface area (Å²) >= 11 is 0. The van der Waals surface area contributed by atoms with Crippen molar-refractivity contribution in [3.63, 3.8) is 0 Å². The van der Waals surface area contributed by atoms with Crippen molar-refractivity contribution in [2.24, 2.45) is 0 Å². The lowest BCUT2D eigenvalue weighted by Gasteiger charge is -2.19. The number of nitrogens with one attached hydrogen (secondary N) is 4. The number of anilines is 3. The highest BCUT2D eigenvalue weighted by molar-refractivity contribution is 5.98. The number of amides is 3. The number of carbonyl (C=O) groups excluding carboxylic acids is 3. The number of benzene rings is 2. The minimum Gasteiger partial charge on any atom is -0.493 e. The molecule has 1 atom stereocenters. The Morgan fingerprint density at radius 2 is 1.79 bits per heavy atom. The van der Waals surface area contributed by atoms with Gasteiger partial charge in [0, 0.05) is 18.2 Å². The molecule has 5 rings (SSSR count). The molecule has 0 spiro atoms. The lowest BCUT2D eigenvalue weighted by Crippen LogP contribution is -2.27. The van der Waals surface area contributed by atoms with Crippen molar-refractivity contribution in [3.8, 4) is 34.1 Å². The van der Waals surface area contributed by atoms with E-state index >= 15 is 0 Å². The van der Waals surface area contributed by atoms with Crippen LogP contribution in [0, 0.1) is 0 Å². The van der Waals surface area contributed by atoms with Crippen molar-refractivity contribution in [3.05, 3.63) is 63.8 Å². The fourth-order valence-corrected chi connectivity index (χ4v) is 5.40. The molecule has 2 aliphatic rings. The number of hydrogen-bond donors (Lipinski definition) is 4. The number of rotatable bonds is 8. The number of ether oxygens (including phenoxy) is 4. The normalized spacial score (nSPS) is 14.8. The van der Waals surface area contributed by atoms with Crippen molar-refractivity contribution in [1.82, 2.24) is 5.32 Å². The van der Waals surface area contributed by atoms with Crippen LogP contribution in [0.2, 0.25) is 0 Å². The summed E-state index contributed by atoms with van der Waals surface area (Å²) in [5.74, 6) is 0.946. The minimum atomic E-state index is -0.452. The van der Waals surface area contributed by atoms with Crippen LogP contribution in [0.4, 0.5) is 17.1 Å². The van der Waals surface area contributed by atoms with Gasteiger partial charge in [0.15, 0.2) is 18.1 Å². The topological polar surface area (TPSA) is 153 Å². The van der Waals surface area contributed by atoms with E-state index in [-0.39, 0.29) is 36.1 Å². The van der Waals surface area contributed by atoms with E-state index in [1.165, 1.54) is 27.2 Å². The van der Waals surface area contributed by atoms with Gasteiger partial charge in [-0.3, -0.25) is 19.2 Å². The molecule has 3 amide bonds. The Labute approximate surface area is 247 Å². The summed E-state index contributed by atoms with van der Waals surface area (Å²) in [7, 11) is 4.60. The Morgan fingerprint density at radius 3 is 2.51 bits per heavy atom. The first-order valence-corrected chi connectivity index (χ1v) is 13.6. The monoisotopic (exact) mass is 588 g/mol. The zero-order valence-electron chi connectivity index (χ0n) is 24.2. The van der Waals surface area contributed by atoms with Gasteiger partial charge in [-0.05, 0) is 65.9 Å². The van der Waals surface area contributed by atoms with Crippen molar-refractivity contribution >= 4 is 34.8 Å². The molecule has 3 aromatic rings. The van der Waals surface area contributed by atoms with Gasteiger partial charge in [-0.1, -0.05) is 6.07 Å². The summed E-state index contributed by atoms with van der Waals surface area (Å²) in [5, 5.41) is 11.3. The van der Waals surface area contributed by atoms with Crippen molar-refractivity contribution < 1.29 is 33.3 Å². The predicted octanol–water partition coefficient (Wildman–Crippen LogP) is 3.24. The zero-order valence-corrected chi connectivity index (χ0v) is 24.2. The van der Waals surface area contributed by atoms with Crippen LogP contribution < -0.4 is 45.6 Å². The van der Waals surface area contributed by atoms with Crippen LogP contribution in [0.15, 0.2) is 47.3 Å². The van der Waals surface area contributed by atoms with Crippen LogP contribution >= 0.6 is 0 Å². The molecule has 0 radical (unpaired) electrons. The maximum atomic E-state index is 13.4. The Kier molecular flexibility index (Phi) is 8.37. The Hall–Kier alpha value is -5.26. The van der Waals surface area contributed by atoms with Gasteiger partial charge in [-0.2, -0.15) is 0 Å². The predicted molar refractivity (Wildman–Crippen MR) is 160 cm³/mol. The quantitative estimate of drug-likeness (QED) is 0.311. The molecular weight excluding hydrogens is 556 g/mol. The highest BCUT2D eigenvalue weighted by atomic mass is 16.5. The van der Waals surface area contributed by atoms with Crippen LogP contribution in [-0.2, 0) is 20.8 Å². The smallest absolute Gasteiger partial charge is 0.262 e. The summed E-state index contributed by atoms with van der Waals surface area (Å²) in [4.78, 5) is 50.0. The van der Waals surface area contributed by atoms with Crippen LogP contribution in [0.25, 0.3) is 11.1 Å². The maximum absolute atomic E-state index is 13.4. The van der Waals surface area contributed by atoms with Gasteiger partial charge in [0.1, 0.15) is 5.75 Å². The number of hydrogen-bond acceptors (Lipinski definition) is 9. The largest absolute Gasteiger partial charge is 0.493 e. The second-order valence-electron chi connectivity index (χ2n) is 10.0. The second-order valence-corrected chi connectivity index (χ2v) is 10.0. The van der Waals surface area contributed by atoms with E-state index in [2.05, 4.69) is 21.3 Å². The maximum Gasteiger partial charge on any atom is 0.262 e. The molecular formula is C31H32N4O8. The van der Waals surface area contributed by atoms with Gasteiger partial charge in [0.2, 0.25) is 23.0 Å². The minimum absolute atomic E-state index is 0.0657. The molecule has 0 fully saturated rings. The van der Waals surface area contributed by atoms with Gasteiger partial charge in [0.05, 0.1) is 45.3 Å². The molecule has 12 heteroatoms. The lowest BCUT2D eigenvalue weighted by molar-refractivity contribution is -0.120. The average molecular weight is 589 g/mol. The number of methoxy groups -OCH3 is 3. The first kappa shape index (κ1) is 29.2. The van der Waals surface area contributed by atoms with Crippen LogP contribution in [-0.4, -0.2) is 52.2 Å². The van der Waals surface area contributed by atoms with Crippen LogP contribution in [0.5, 0.6) is 23.0 Å². The van der Waals surface area contributed by atoms with Crippen molar-refractivity contribution in [1.29, 1.82) is 0 Å². The highest BCUT2D eigenvalue weighted by Crippen LogP contribution is 2.50. The van der Waals surface area contributed by atoms with E-state index in [0.717, 1.165) is 11.1 Å². The van der Waals surface area contributed by atoms with E-state index < -0.39 is 11.9 Å². The molecule has 1 aliphatic carbocycles. The molecule has 0 bridgehead atoms. The van der Waals surface area contributed by atoms with Gasteiger partial charge < -0.3 is 40.2 Å². The summed E-state index contributed by atoms with van der Waals surface area (Å²) < 4.78 is 22.3. The Bertz CT molecular complexity index is 1670. The second kappa shape index (κ2) is 12.3. The van der Waals surface area contributed by atoms with Crippen molar-refractivity contribution in [2.45, 2.75) is 25.8 Å². The van der Waals surface area contributed by atoms with Crippen LogP contribution in [0.3, 0.4) is 0 Å². The molecule has 0 saturated heterocycles. The molecule has 43 heavy (non-hydrogen) atoms. The third-order valence-electron chi connectivity index (χ3n) is 7.25. The van der Waals surface area contributed by atoms with E-state index in [4.69, 9.17) is 18.9 Å². The standard InChI is InChI=1S/C31H32N4O8/c1-16(36)33-21-8-5-17-11-26(40-2)30(41-3)31(42-4)29(17)19-7-9-22(24(37)13-20(19)21)32-14-27(38)34-18-6-10-25-23(12-18)35-28(39)15-43-25/h6-7,9-13,21H,5,8,14-15H2,1-4H3,(H,32,37)(H,33,36)(H,34,38)(H,35,39)/t21-/m1/s1. The van der Waals surface area contributed by atoms with E-state index in [9.17, 15) is 19.2 Å². The average Bonchev–Trinajstić information content (AvgIpc) is 3.23.